The van der Waals surface area contributed by atoms with Gasteiger partial charge in [0.2, 0.25) is 5.91 Å². The molecule has 3 atom stereocenters. The SMILES string of the molecule is O=C(NC(CO)c1ccco1)C1CC1c1ccc(Cl)cc1. The normalized spacial score (nSPS) is 21.8. The topological polar surface area (TPSA) is 62.5 Å². The van der Waals surface area contributed by atoms with E-state index >= 15 is 0 Å². The van der Waals surface area contributed by atoms with E-state index in [-0.39, 0.29) is 24.3 Å². The lowest BCUT2D eigenvalue weighted by molar-refractivity contribution is -0.123. The van der Waals surface area contributed by atoms with E-state index in [4.69, 9.17) is 16.0 Å². The molecule has 3 unspecified atom stereocenters. The van der Waals surface area contributed by atoms with Gasteiger partial charge in [-0.2, -0.15) is 0 Å². The quantitative estimate of drug-likeness (QED) is 0.893. The predicted octanol–water partition coefficient (Wildman–Crippen LogP) is 2.89. The molecule has 21 heavy (non-hydrogen) atoms. The highest BCUT2D eigenvalue weighted by Gasteiger charge is 2.44. The highest BCUT2D eigenvalue weighted by Crippen LogP contribution is 2.47. The Morgan fingerprint density at radius 3 is 2.76 bits per heavy atom. The predicted molar refractivity (Wildman–Crippen MR) is 79.0 cm³/mol. The van der Waals surface area contributed by atoms with E-state index in [1.54, 1.807) is 12.1 Å². The number of rotatable bonds is 5. The first-order valence-corrected chi connectivity index (χ1v) is 7.27. The third-order valence-electron chi connectivity index (χ3n) is 3.81. The third kappa shape index (κ3) is 3.12. The summed E-state index contributed by atoms with van der Waals surface area (Å²) in [7, 11) is 0. The second kappa shape index (κ2) is 5.92. The zero-order valence-electron chi connectivity index (χ0n) is 11.3. The van der Waals surface area contributed by atoms with Crippen LogP contribution in [0.15, 0.2) is 47.1 Å². The first-order chi connectivity index (χ1) is 10.2. The van der Waals surface area contributed by atoms with Gasteiger partial charge >= 0.3 is 0 Å². The molecule has 1 aromatic heterocycles. The first-order valence-electron chi connectivity index (χ1n) is 6.89. The van der Waals surface area contributed by atoms with Crippen LogP contribution in [0.2, 0.25) is 5.02 Å². The van der Waals surface area contributed by atoms with Gasteiger partial charge < -0.3 is 14.8 Å². The van der Waals surface area contributed by atoms with Gasteiger partial charge in [-0.15, -0.1) is 0 Å². The van der Waals surface area contributed by atoms with Crippen LogP contribution in [-0.4, -0.2) is 17.6 Å². The highest BCUT2D eigenvalue weighted by molar-refractivity contribution is 6.30. The summed E-state index contributed by atoms with van der Waals surface area (Å²) in [5.74, 6) is 0.702. The molecule has 2 N–H and O–H groups in total. The molecule has 1 saturated carbocycles. The van der Waals surface area contributed by atoms with Gasteiger partial charge in [-0.1, -0.05) is 23.7 Å². The molecule has 0 spiro atoms. The average molecular weight is 306 g/mol. The van der Waals surface area contributed by atoms with Crippen molar-refractivity contribution in [3.05, 3.63) is 59.0 Å². The van der Waals surface area contributed by atoms with E-state index in [2.05, 4.69) is 5.32 Å². The lowest BCUT2D eigenvalue weighted by Gasteiger charge is -2.13. The molecule has 1 aliphatic carbocycles. The van der Waals surface area contributed by atoms with E-state index in [9.17, 15) is 9.90 Å². The van der Waals surface area contributed by atoms with Crippen LogP contribution in [0.4, 0.5) is 0 Å². The van der Waals surface area contributed by atoms with E-state index in [1.807, 2.05) is 24.3 Å². The van der Waals surface area contributed by atoms with E-state index in [0.717, 1.165) is 12.0 Å². The molecule has 5 heteroatoms. The minimum absolute atomic E-state index is 0.0461. The minimum Gasteiger partial charge on any atom is -0.467 e. The summed E-state index contributed by atoms with van der Waals surface area (Å²) in [6, 6.07) is 10.6. The maximum atomic E-state index is 12.2. The van der Waals surface area contributed by atoms with E-state index in [1.165, 1.54) is 6.26 Å². The minimum atomic E-state index is -0.487. The number of furan rings is 1. The van der Waals surface area contributed by atoms with Crippen molar-refractivity contribution < 1.29 is 14.3 Å². The molecule has 1 heterocycles. The zero-order valence-corrected chi connectivity index (χ0v) is 12.1. The molecular weight excluding hydrogens is 290 g/mol. The fourth-order valence-corrected chi connectivity index (χ4v) is 2.66. The molecule has 2 aromatic rings. The van der Waals surface area contributed by atoms with Gasteiger partial charge in [0.15, 0.2) is 0 Å². The van der Waals surface area contributed by atoms with Crippen molar-refractivity contribution in [2.75, 3.05) is 6.61 Å². The number of aliphatic hydroxyl groups is 1. The van der Waals surface area contributed by atoms with Crippen molar-refractivity contribution in [2.24, 2.45) is 5.92 Å². The Balaban J connectivity index is 1.61. The standard InChI is InChI=1S/C16H16ClNO3/c17-11-5-3-10(4-6-11)12-8-13(12)16(20)18-14(9-19)15-2-1-7-21-15/h1-7,12-14,19H,8-9H2,(H,18,20). The molecule has 1 fully saturated rings. The lowest BCUT2D eigenvalue weighted by Crippen LogP contribution is -2.32. The van der Waals surface area contributed by atoms with Crippen LogP contribution in [0.25, 0.3) is 0 Å². The summed E-state index contributed by atoms with van der Waals surface area (Å²) in [6.07, 6.45) is 2.35. The molecule has 1 aromatic carbocycles. The van der Waals surface area contributed by atoms with E-state index in [0.29, 0.717) is 10.8 Å². The summed E-state index contributed by atoms with van der Waals surface area (Å²) < 4.78 is 5.22. The molecular formula is C16H16ClNO3. The van der Waals surface area contributed by atoms with Crippen LogP contribution >= 0.6 is 11.6 Å². The Hall–Kier alpha value is -1.78. The number of hydrogen-bond acceptors (Lipinski definition) is 3. The summed E-state index contributed by atoms with van der Waals surface area (Å²) in [5, 5.41) is 12.9. The Morgan fingerprint density at radius 1 is 1.38 bits per heavy atom. The van der Waals surface area contributed by atoms with Gasteiger partial charge in [-0.25, -0.2) is 0 Å². The Kier molecular flexibility index (Phi) is 3.99. The fraction of sp³-hybridized carbons (Fsp3) is 0.312. The molecule has 1 amide bonds. The third-order valence-corrected chi connectivity index (χ3v) is 4.06. The Bertz CT molecular complexity index is 609. The molecule has 0 bridgehead atoms. The largest absolute Gasteiger partial charge is 0.467 e. The van der Waals surface area contributed by atoms with Gasteiger partial charge in [0.05, 0.1) is 12.9 Å². The van der Waals surface area contributed by atoms with Gasteiger partial charge in [-0.05, 0) is 42.2 Å². The van der Waals surface area contributed by atoms with Crippen LogP contribution in [0.1, 0.15) is 29.7 Å². The van der Waals surface area contributed by atoms with Crippen molar-refractivity contribution in [3.63, 3.8) is 0 Å². The molecule has 110 valence electrons. The molecule has 1 aliphatic rings. The summed E-state index contributed by atoms with van der Waals surface area (Å²) in [4.78, 5) is 12.2. The van der Waals surface area contributed by atoms with Crippen LogP contribution in [0, 0.1) is 5.92 Å². The van der Waals surface area contributed by atoms with Crippen molar-refractivity contribution >= 4 is 17.5 Å². The van der Waals surface area contributed by atoms with Gasteiger partial charge in [0.1, 0.15) is 11.8 Å². The number of amides is 1. The number of hydrogen-bond donors (Lipinski definition) is 2. The maximum absolute atomic E-state index is 12.2. The van der Waals surface area contributed by atoms with Crippen molar-refractivity contribution in [1.29, 1.82) is 0 Å². The first kappa shape index (κ1) is 14.2. The molecule has 4 nitrogen and oxygen atoms in total. The average Bonchev–Trinajstić information content (AvgIpc) is 3.11. The lowest BCUT2D eigenvalue weighted by atomic mass is 10.1. The number of nitrogens with one attached hydrogen (secondary N) is 1. The number of benzene rings is 1. The smallest absolute Gasteiger partial charge is 0.224 e. The molecule has 0 saturated heterocycles. The number of carbonyl (C=O) groups excluding carboxylic acids is 1. The number of aliphatic hydroxyl groups excluding tert-OH is 1. The zero-order chi connectivity index (χ0) is 14.8. The Labute approximate surface area is 127 Å². The summed E-state index contributed by atoms with van der Waals surface area (Å²) >= 11 is 5.86. The van der Waals surface area contributed by atoms with Crippen LogP contribution in [0.3, 0.4) is 0 Å². The molecule has 3 rings (SSSR count). The molecule has 0 radical (unpaired) electrons. The van der Waals surface area contributed by atoms with Gasteiger partial charge in [-0.3, -0.25) is 4.79 Å². The van der Waals surface area contributed by atoms with E-state index < -0.39 is 6.04 Å². The van der Waals surface area contributed by atoms with Crippen molar-refractivity contribution in [1.82, 2.24) is 5.32 Å². The maximum Gasteiger partial charge on any atom is 0.224 e. The van der Waals surface area contributed by atoms with Crippen LogP contribution in [0.5, 0.6) is 0 Å². The van der Waals surface area contributed by atoms with Crippen molar-refractivity contribution in [2.45, 2.75) is 18.4 Å². The highest BCUT2D eigenvalue weighted by atomic mass is 35.5. The van der Waals surface area contributed by atoms with Crippen molar-refractivity contribution in [3.8, 4) is 0 Å². The van der Waals surface area contributed by atoms with Gasteiger partial charge in [0, 0.05) is 10.9 Å². The van der Waals surface area contributed by atoms with Crippen LogP contribution < -0.4 is 5.32 Å². The Morgan fingerprint density at radius 2 is 2.14 bits per heavy atom. The molecule has 0 aliphatic heterocycles. The summed E-state index contributed by atoms with van der Waals surface area (Å²) in [5.41, 5.74) is 1.12. The monoisotopic (exact) mass is 305 g/mol. The van der Waals surface area contributed by atoms with Crippen LogP contribution in [-0.2, 0) is 4.79 Å². The van der Waals surface area contributed by atoms with Gasteiger partial charge in [0.25, 0.3) is 0 Å². The summed E-state index contributed by atoms with van der Waals surface area (Å²) in [6.45, 7) is -0.183. The number of carbonyl (C=O) groups is 1. The second-order valence-electron chi connectivity index (χ2n) is 5.26. The number of halogens is 1. The fourth-order valence-electron chi connectivity index (χ4n) is 2.54. The second-order valence-corrected chi connectivity index (χ2v) is 5.70.